The zero-order valence-electron chi connectivity index (χ0n) is 6.11. The molecular weight excluding hydrogens is 156 g/mol. The highest BCUT2D eigenvalue weighted by atomic mass is 16.5. The van der Waals surface area contributed by atoms with Gasteiger partial charge in [-0.15, -0.1) is 0 Å². The van der Waals surface area contributed by atoms with Crippen LogP contribution in [0, 0.1) is 11.3 Å². The molecular formula is C8H6N2O2. The molecule has 0 fully saturated rings. The van der Waals surface area contributed by atoms with Crippen molar-refractivity contribution in [2.45, 2.75) is 0 Å². The molecule has 0 unspecified atom stereocenters. The number of nitrogens with one attached hydrogen (secondary N) is 1. The second-order valence-electron chi connectivity index (χ2n) is 2.13. The smallest absolute Gasteiger partial charge is 0.274 e. The minimum Gasteiger partial charge on any atom is -0.288 e. The second kappa shape index (κ2) is 3.51. The van der Waals surface area contributed by atoms with Gasteiger partial charge in [-0.25, -0.2) is 5.48 Å². The number of nitriles is 1. The Morgan fingerprint density at radius 2 is 2.33 bits per heavy atom. The number of rotatable bonds is 1. The van der Waals surface area contributed by atoms with Crippen molar-refractivity contribution in [2.75, 3.05) is 0 Å². The zero-order chi connectivity index (χ0) is 8.97. The minimum absolute atomic E-state index is 0.261. The van der Waals surface area contributed by atoms with Crippen molar-refractivity contribution in [3.8, 4) is 6.07 Å². The van der Waals surface area contributed by atoms with Crippen LogP contribution in [-0.4, -0.2) is 11.1 Å². The Kier molecular flexibility index (Phi) is 2.41. The van der Waals surface area contributed by atoms with Crippen LogP contribution in [0.5, 0.6) is 0 Å². The predicted octanol–water partition coefficient (Wildman–Crippen LogP) is 0.677. The summed E-state index contributed by atoms with van der Waals surface area (Å²) in [6.07, 6.45) is 0. The van der Waals surface area contributed by atoms with Gasteiger partial charge >= 0.3 is 0 Å². The summed E-state index contributed by atoms with van der Waals surface area (Å²) in [6.45, 7) is 0. The Bertz CT molecular complexity index is 341. The first-order valence-corrected chi connectivity index (χ1v) is 3.22. The van der Waals surface area contributed by atoms with Crippen LogP contribution in [0.2, 0.25) is 0 Å². The van der Waals surface area contributed by atoms with Crippen LogP contribution in [0.25, 0.3) is 0 Å². The predicted molar refractivity (Wildman–Crippen MR) is 40.4 cm³/mol. The molecule has 60 valence electrons. The monoisotopic (exact) mass is 162 g/mol. The highest BCUT2D eigenvalue weighted by molar-refractivity contribution is 5.93. The molecule has 0 aliphatic rings. The van der Waals surface area contributed by atoms with Crippen LogP contribution in [0.15, 0.2) is 24.3 Å². The maximum atomic E-state index is 10.8. The summed E-state index contributed by atoms with van der Waals surface area (Å²) in [7, 11) is 0. The Balaban J connectivity index is 3.04. The number of carbonyl (C=O) groups excluding carboxylic acids is 1. The topological polar surface area (TPSA) is 73.1 Å². The van der Waals surface area contributed by atoms with E-state index in [0.29, 0.717) is 5.56 Å². The Hall–Kier alpha value is -1.86. The number of hydrogen-bond acceptors (Lipinski definition) is 3. The van der Waals surface area contributed by atoms with Crippen molar-refractivity contribution in [3.63, 3.8) is 0 Å². The molecule has 0 saturated heterocycles. The Morgan fingerprint density at radius 3 is 2.92 bits per heavy atom. The van der Waals surface area contributed by atoms with Gasteiger partial charge in [0.25, 0.3) is 5.91 Å². The summed E-state index contributed by atoms with van der Waals surface area (Å²) < 4.78 is 0. The molecule has 1 rings (SSSR count). The van der Waals surface area contributed by atoms with Crippen LogP contribution in [0.4, 0.5) is 0 Å². The average molecular weight is 162 g/mol. The average Bonchev–Trinajstić information content (AvgIpc) is 2.17. The molecule has 0 spiro atoms. The lowest BCUT2D eigenvalue weighted by Gasteiger charge is -1.97. The van der Waals surface area contributed by atoms with E-state index in [0.717, 1.165) is 0 Å². The lowest BCUT2D eigenvalue weighted by molar-refractivity contribution is 0.0706. The van der Waals surface area contributed by atoms with Gasteiger partial charge in [-0.2, -0.15) is 5.26 Å². The quantitative estimate of drug-likeness (QED) is 0.471. The van der Waals surface area contributed by atoms with Gasteiger partial charge in [0, 0.05) is 5.56 Å². The Labute approximate surface area is 69.0 Å². The third-order valence-corrected chi connectivity index (χ3v) is 1.36. The van der Waals surface area contributed by atoms with E-state index in [4.69, 9.17) is 10.5 Å². The van der Waals surface area contributed by atoms with E-state index in [-0.39, 0.29) is 5.56 Å². The molecule has 0 atom stereocenters. The number of hydroxylamine groups is 1. The van der Waals surface area contributed by atoms with Crippen molar-refractivity contribution in [1.29, 1.82) is 5.26 Å². The zero-order valence-corrected chi connectivity index (χ0v) is 6.11. The summed E-state index contributed by atoms with van der Waals surface area (Å²) >= 11 is 0. The third-order valence-electron chi connectivity index (χ3n) is 1.36. The van der Waals surface area contributed by atoms with Gasteiger partial charge in [-0.1, -0.05) is 6.07 Å². The number of nitrogens with zero attached hydrogens (tertiary/aromatic N) is 1. The maximum absolute atomic E-state index is 10.8. The molecule has 1 aromatic rings. The van der Waals surface area contributed by atoms with E-state index in [1.165, 1.54) is 17.6 Å². The molecule has 0 radical (unpaired) electrons. The number of carbonyl (C=O) groups is 1. The van der Waals surface area contributed by atoms with Crippen molar-refractivity contribution in [3.05, 3.63) is 35.4 Å². The molecule has 0 aliphatic carbocycles. The Morgan fingerprint density at radius 1 is 1.58 bits per heavy atom. The molecule has 0 aliphatic heterocycles. The van der Waals surface area contributed by atoms with E-state index < -0.39 is 5.91 Å². The molecule has 0 saturated carbocycles. The molecule has 1 amide bonds. The largest absolute Gasteiger partial charge is 0.288 e. The molecule has 0 heterocycles. The van der Waals surface area contributed by atoms with E-state index >= 15 is 0 Å². The van der Waals surface area contributed by atoms with Gasteiger partial charge in [0.2, 0.25) is 0 Å². The summed E-state index contributed by atoms with van der Waals surface area (Å²) in [4.78, 5) is 10.8. The first kappa shape index (κ1) is 8.24. The van der Waals surface area contributed by atoms with Gasteiger partial charge in [0.1, 0.15) is 0 Å². The van der Waals surface area contributed by atoms with E-state index in [9.17, 15) is 4.79 Å². The first-order chi connectivity index (χ1) is 5.77. The van der Waals surface area contributed by atoms with Gasteiger partial charge in [-0.05, 0) is 18.2 Å². The van der Waals surface area contributed by atoms with Gasteiger partial charge in [-0.3, -0.25) is 10.0 Å². The summed E-state index contributed by atoms with van der Waals surface area (Å²) in [6, 6.07) is 7.94. The molecule has 4 heteroatoms. The molecule has 1 aromatic carbocycles. The number of hydrogen-bond donors (Lipinski definition) is 2. The van der Waals surface area contributed by atoms with E-state index in [1.807, 2.05) is 6.07 Å². The highest BCUT2D eigenvalue weighted by Crippen LogP contribution is 2.03. The fourth-order valence-electron chi connectivity index (χ4n) is 0.795. The summed E-state index contributed by atoms with van der Waals surface area (Å²) in [5.41, 5.74) is 2.13. The minimum atomic E-state index is -0.618. The normalized spacial score (nSPS) is 8.67. The SMILES string of the molecule is N#Cc1cccc(C(=O)NO)c1. The van der Waals surface area contributed by atoms with Gasteiger partial charge in [0.05, 0.1) is 11.6 Å². The third kappa shape index (κ3) is 1.59. The van der Waals surface area contributed by atoms with Crippen LogP contribution in [0.1, 0.15) is 15.9 Å². The van der Waals surface area contributed by atoms with Crippen LogP contribution in [-0.2, 0) is 0 Å². The van der Waals surface area contributed by atoms with E-state index in [1.54, 1.807) is 12.1 Å². The lowest BCUT2D eigenvalue weighted by Crippen LogP contribution is -2.18. The molecule has 4 nitrogen and oxygen atoms in total. The highest BCUT2D eigenvalue weighted by Gasteiger charge is 2.03. The maximum Gasteiger partial charge on any atom is 0.274 e. The summed E-state index contributed by atoms with van der Waals surface area (Å²) in [5.74, 6) is -0.618. The van der Waals surface area contributed by atoms with Crippen LogP contribution in [0.3, 0.4) is 0 Å². The number of amides is 1. The summed E-state index contributed by atoms with van der Waals surface area (Å²) in [5, 5.41) is 16.7. The molecule has 2 N–H and O–H groups in total. The van der Waals surface area contributed by atoms with Crippen molar-refractivity contribution < 1.29 is 10.0 Å². The van der Waals surface area contributed by atoms with Crippen molar-refractivity contribution in [1.82, 2.24) is 5.48 Å². The molecule has 0 aromatic heterocycles. The standard InChI is InChI=1S/C8H6N2O2/c9-5-6-2-1-3-7(4-6)8(11)10-12/h1-4,12H,(H,10,11). The first-order valence-electron chi connectivity index (χ1n) is 3.22. The fraction of sp³-hybridized carbons (Fsp3) is 0. The van der Waals surface area contributed by atoms with Gasteiger partial charge in [0.15, 0.2) is 0 Å². The van der Waals surface area contributed by atoms with Gasteiger partial charge < -0.3 is 0 Å². The molecule has 12 heavy (non-hydrogen) atoms. The van der Waals surface area contributed by atoms with Crippen molar-refractivity contribution >= 4 is 5.91 Å². The van der Waals surface area contributed by atoms with Crippen molar-refractivity contribution in [2.24, 2.45) is 0 Å². The lowest BCUT2D eigenvalue weighted by atomic mass is 10.1. The molecule has 0 bridgehead atoms. The van der Waals surface area contributed by atoms with Crippen LogP contribution >= 0.6 is 0 Å². The second-order valence-corrected chi connectivity index (χ2v) is 2.13. The fourth-order valence-corrected chi connectivity index (χ4v) is 0.795. The number of benzene rings is 1. The van der Waals surface area contributed by atoms with Crippen LogP contribution < -0.4 is 5.48 Å². The van der Waals surface area contributed by atoms with E-state index in [2.05, 4.69) is 0 Å².